The van der Waals surface area contributed by atoms with Crippen LogP contribution in [0.4, 0.5) is 17.1 Å². The van der Waals surface area contributed by atoms with Crippen LogP contribution in [0.25, 0.3) is 77.2 Å². The van der Waals surface area contributed by atoms with Crippen LogP contribution >= 0.6 is 0 Å². The average molecular weight is 690 g/mol. The Labute approximate surface area is 314 Å². The van der Waals surface area contributed by atoms with E-state index in [2.05, 4.69) is 217 Å². The van der Waals surface area contributed by atoms with Gasteiger partial charge in [-0.3, -0.25) is 0 Å². The molecule has 0 atom stereocenters. The number of nitrogens with zero attached hydrogens (tertiary/aromatic N) is 1. The van der Waals surface area contributed by atoms with Gasteiger partial charge in [-0.25, -0.2) is 0 Å². The fourth-order valence-electron chi connectivity index (χ4n) is 7.88. The number of hydrogen-bond acceptors (Lipinski definition) is 2. The molecule has 0 aliphatic carbocycles. The van der Waals surface area contributed by atoms with Crippen LogP contribution in [-0.2, 0) is 0 Å². The van der Waals surface area contributed by atoms with Crippen LogP contribution in [0.1, 0.15) is 0 Å². The number of rotatable bonds is 7. The fourth-order valence-corrected chi connectivity index (χ4v) is 7.88. The lowest BCUT2D eigenvalue weighted by molar-refractivity contribution is 0.669. The van der Waals surface area contributed by atoms with Crippen LogP contribution in [0.2, 0.25) is 0 Å². The second-order valence-corrected chi connectivity index (χ2v) is 13.7. The SMILES string of the molecule is c1ccc(-c2ccc(N(c3ccc(-c4cccc5oc6ccc7cc(-c8ccccc8)ccc7c6c45)cc3)c3ccccc3-c3ccccc3)cc2)cc1. The summed E-state index contributed by atoms with van der Waals surface area (Å²) in [6.07, 6.45) is 0. The molecule has 0 aliphatic rings. The van der Waals surface area contributed by atoms with Gasteiger partial charge in [0.15, 0.2) is 0 Å². The number of para-hydroxylation sites is 1. The van der Waals surface area contributed by atoms with Crippen molar-refractivity contribution in [3.05, 3.63) is 212 Å². The molecule has 0 saturated carbocycles. The molecule has 0 spiro atoms. The molecular weight excluding hydrogens is 655 g/mol. The fraction of sp³-hybridized carbons (Fsp3) is 0. The summed E-state index contributed by atoms with van der Waals surface area (Å²) in [7, 11) is 0. The monoisotopic (exact) mass is 689 g/mol. The first-order valence-electron chi connectivity index (χ1n) is 18.4. The van der Waals surface area contributed by atoms with Crippen LogP contribution in [0, 0.1) is 0 Å². The number of furan rings is 1. The van der Waals surface area contributed by atoms with E-state index in [0.717, 1.165) is 50.1 Å². The molecule has 2 heteroatoms. The Balaban J connectivity index is 1.10. The second-order valence-electron chi connectivity index (χ2n) is 13.7. The Morgan fingerprint density at radius 3 is 1.50 bits per heavy atom. The summed E-state index contributed by atoms with van der Waals surface area (Å²) in [4.78, 5) is 2.37. The van der Waals surface area contributed by atoms with Crippen molar-refractivity contribution in [2.45, 2.75) is 0 Å². The van der Waals surface area contributed by atoms with Gasteiger partial charge in [0.25, 0.3) is 0 Å². The predicted octanol–water partition coefficient (Wildman–Crippen LogP) is 14.9. The highest BCUT2D eigenvalue weighted by molar-refractivity contribution is 6.23. The molecule has 10 rings (SSSR count). The smallest absolute Gasteiger partial charge is 0.136 e. The molecule has 10 aromatic rings. The van der Waals surface area contributed by atoms with Gasteiger partial charge in [-0.2, -0.15) is 0 Å². The van der Waals surface area contributed by atoms with E-state index in [1.807, 2.05) is 0 Å². The van der Waals surface area contributed by atoms with E-state index in [1.54, 1.807) is 0 Å². The zero-order chi connectivity index (χ0) is 35.8. The first kappa shape index (κ1) is 31.6. The average Bonchev–Trinajstić information content (AvgIpc) is 3.65. The summed E-state index contributed by atoms with van der Waals surface area (Å²) in [5, 5.41) is 4.68. The lowest BCUT2D eigenvalue weighted by Crippen LogP contribution is -2.11. The van der Waals surface area contributed by atoms with E-state index in [4.69, 9.17) is 4.42 Å². The number of anilines is 3. The summed E-state index contributed by atoms with van der Waals surface area (Å²) < 4.78 is 6.50. The zero-order valence-electron chi connectivity index (χ0n) is 29.6. The Kier molecular flexibility index (Phi) is 7.85. The van der Waals surface area contributed by atoms with E-state index < -0.39 is 0 Å². The van der Waals surface area contributed by atoms with Gasteiger partial charge in [-0.15, -0.1) is 0 Å². The lowest BCUT2D eigenvalue weighted by Gasteiger charge is -2.28. The number of hydrogen-bond donors (Lipinski definition) is 0. The van der Waals surface area contributed by atoms with E-state index in [0.29, 0.717) is 0 Å². The van der Waals surface area contributed by atoms with Gasteiger partial charge in [-0.1, -0.05) is 164 Å². The first-order chi connectivity index (χ1) is 26.8. The maximum absolute atomic E-state index is 6.50. The van der Waals surface area contributed by atoms with Crippen molar-refractivity contribution in [1.82, 2.24) is 0 Å². The minimum atomic E-state index is 0.892. The van der Waals surface area contributed by atoms with Crippen molar-refractivity contribution in [1.29, 1.82) is 0 Å². The van der Waals surface area contributed by atoms with Gasteiger partial charge in [-0.05, 0) is 98.2 Å². The molecule has 0 unspecified atom stereocenters. The first-order valence-corrected chi connectivity index (χ1v) is 18.4. The van der Waals surface area contributed by atoms with Gasteiger partial charge < -0.3 is 9.32 Å². The van der Waals surface area contributed by atoms with E-state index in [9.17, 15) is 0 Å². The molecule has 1 heterocycles. The number of benzene rings is 9. The summed E-state index contributed by atoms with van der Waals surface area (Å²) in [5.74, 6) is 0. The topological polar surface area (TPSA) is 16.4 Å². The van der Waals surface area contributed by atoms with Crippen molar-refractivity contribution in [2.24, 2.45) is 0 Å². The molecular formula is C52H35NO. The molecule has 254 valence electrons. The third-order valence-electron chi connectivity index (χ3n) is 10.5. The molecule has 0 radical (unpaired) electrons. The Bertz CT molecular complexity index is 2890. The highest BCUT2D eigenvalue weighted by Crippen LogP contribution is 2.44. The molecule has 54 heavy (non-hydrogen) atoms. The second kappa shape index (κ2) is 13.4. The van der Waals surface area contributed by atoms with Gasteiger partial charge >= 0.3 is 0 Å². The van der Waals surface area contributed by atoms with E-state index in [1.165, 1.54) is 44.2 Å². The minimum absolute atomic E-state index is 0.892. The molecule has 9 aromatic carbocycles. The van der Waals surface area contributed by atoms with Crippen LogP contribution in [0.15, 0.2) is 217 Å². The Morgan fingerprint density at radius 2 is 0.815 bits per heavy atom. The summed E-state index contributed by atoms with van der Waals surface area (Å²) >= 11 is 0. The van der Waals surface area contributed by atoms with E-state index >= 15 is 0 Å². The van der Waals surface area contributed by atoms with Crippen molar-refractivity contribution in [3.63, 3.8) is 0 Å². The molecule has 0 aliphatic heterocycles. The van der Waals surface area contributed by atoms with E-state index in [-0.39, 0.29) is 0 Å². The Hall–Kier alpha value is -7.16. The van der Waals surface area contributed by atoms with Gasteiger partial charge in [0.1, 0.15) is 11.2 Å². The van der Waals surface area contributed by atoms with Gasteiger partial charge in [0.05, 0.1) is 5.69 Å². The van der Waals surface area contributed by atoms with Gasteiger partial charge in [0.2, 0.25) is 0 Å². The molecule has 0 bridgehead atoms. The molecule has 2 nitrogen and oxygen atoms in total. The normalized spacial score (nSPS) is 11.3. The largest absolute Gasteiger partial charge is 0.456 e. The Morgan fingerprint density at radius 1 is 0.315 bits per heavy atom. The quantitative estimate of drug-likeness (QED) is 0.166. The third-order valence-corrected chi connectivity index (χ3v) is 10.5. The van der Waals surface area contributed by atoms with Crippen LogP contribution in [0.5, 0.6) is 0 Å². The van der Waals surface area contributed by atoms with Crippen LogP contribution in [0.3, 0.4) is 0 Å². The van der Waals surface area contributed by atoms with Crippen molar-refractivity contribution in [2.75, 3.05) is 4.90 Å². The minimum Gasteiger partial charge on any atom is -0.456 e. The number of fused-ring (bicyclic) bond motifs is 5. The highest BCUT2D eigenvalue weighted by atomic mass is 16.3. The standard InChI is InChI=1S/C52H35NO/c1-4-13-36(14-5-1)38-23-29-43(30-24-38)53(48-21-11-10-19-45(48)39-17-8-3-9-18-39)44-31-25-40(26-32-44)46-20-12-22-49-51(46)52-47-33-27-41(37-15-6-2-7-16-37)35-42(47)28-34-50(52)54-49/h1-35H. The lowest BCUT2D eigenvalue weighted by atomic mass is 9.95. The van der Waals surface area contributed by atoms with Crippen molar-refractivity contribution < 1.29 is 4.42 Å². The maximum Gasteiger partial charge on any atom is 0.136 e. The molecule has 0 fully saturated rings. The highest BCUT2D eigenvalue weighted by Gasteiger charge is 2.19. The van der Waals surface area contributed by atoms with Crippen molar-refractivity contribution >= 4 is 49.8 Å². The van der Waals surface area contributed by atoms with Crippen LogP contribution < -0.4 is 4.90 Å². The van der Waals surface area contributed by atoms with Crippen molar-refractivity contribution in [3.8, 4) is 44.5 Å². The third kappa shape index (κ3) is 5.62. The zero-order valence-corrected chi connectivity index (χ0v) is 29.6. The summed E-state index contributed by atoms with van der Waals surface area (Å²) in [6.45, 7) is 0. The maximum atomic E-state index is 6.50. The molecule has 0 N–H and O–H groups in total. The van der Waals surface area contributed by atoms with Gasteiger partial charge in [0, 0.05) is 27.7 Å². The molecule has 0 amide bonds. The molecule has 1 aromatic heterocycles. The predicted molar refractivity (Wildman–Crippen MR) is 228 cm³/mol. The summed E-state index contributed by atoms with van der Waals surface area (Å²) in [5.41, 5.74) is 14.5. The van der Waals surface area contributed by atoms with Crippen LogP contribution in [-0.4, -0.2) is 0 Å². The molecule has 0 saturated heterocycles. The summed E-state index contributed by atoms with van der Waals surface area (Å²) in [6, 6.07) is 75.7.